The summed E-state index contributed by atoms with van der Waals surface area (Å²) in [5, 5.41) is 15.4. The van der Waals surface area contributed by atoms with Crippen molar-refractivity contribution in [3.8, 4) is 5.75 Å². The molecule has 6 heteroatoms. The van der Waals surface area contributed by atoms with E-state index >= 15 is 0 Å². The van der Waals surface area contributed by atoms with Crippen LogP contribution in [0, 0.1) is 0 Å². The maximum atomic E-state index is 12.7. The highest BCUT2D eigenvalue weighted by Gasteiger charge is 2.34. The number of nitrogens with one attached hydrogen (secondary N) is 2. The predicted octanol–water partition coefficient (Wildman–Crippen LogP) is 3.25. The van der Waals surface area contributed by atoms with E-state index in [4.69, 9.17) is 0 Å². The average molecular weight is 341 g/mol. The van der Waals surface area contributed by atoms with E-state index in [-0.39, 0.29) is 35.6 Å². The average Bonchev–Trinajstić information content (AvgIpc) is 2.78. The van der Waals surface area contributed by atoms with Gasteiger partial charge in [0.05, 0.1) is 11.6 Å². The van der Waals surface area contributed by atoms with Crippen molar-refractivity contribution >= 4 is 11.7 Å². The van der Waals surface area contributed by atoms with Crippen LogP contribution in [0.25, 0.3) is 0 Å². The van der Waals surface area contributed by atoms with Crippen molar-refractivity contribution in [1.82, 2.24) is 9.78 Å². The number of aromatic nitrogens is 2. The Hall–Kier alpha value is -2.50. The number of carbonyl (C=O) groups excluding carboxylic acids is 1. The molecule has 0 spiro atoms. The number of anilines is 1. The smallest absolute Gasteiger partial charge is 0.270 e. The van der Waals surface area contributed by atoms with Gasteiger partial charge in [0.15, 0.2) is 0 Å². The molecule has 132 valence electrons. The lowest BCUT2D eigenvalue weighted by molar-refractivity contribution is -0.116. The van der Waals surface area contributed by atoms with Crippen molar-refractivity contribution in [2.24, 2.45) is 0 Å². The molecule has 1 atom stereocenters. The monoisotopic (exact) mass is 341 g/mol. The fourth-order valence-corrected chi connectivity index (χ4v) is 4.17. The molecule has 0 radical (unpaired) electrons. The summed E-state index contributed by atoms with van der Waals surface area (Å²) >= 11 is 0. The SMILES string of the molecule is O=C1C[C@@H](c2ccc(O)cc2)c2c(n(C3CCCCCC3)[nH]c2=O)N1. The Labute approximate surface area is 145 Å². The van der Waals surface area contributed by atoms with Gasteiger partial charge in [-0.05, 0) is 30.5 Å². The normalized spacial score (nSPS) is 21.4. The molecule has 1 fully saturated rings. The number of carbonyl (C=O) groups is 1. The molecule has 0 bridgehead atoms. The van der Waals surface area contributed by atoms with Gasteiger partial charge in [-0.25, -0.2) is 0 Å². The Morgan fingerprint density at radius 1 is 1.00 bits per heavy atom. The number of hydrogen-bond acceptors (Lipinski definition) is 3. The fourth-order valence-electron chi connectivity index (χ4n) is 4.17. The molecular formula is C19H23N3O3. The highest BCUT2D eigenvalue weighted by molar-refractivity contribution is 5.94. The number of hydrogen-bond donors (Lipinski definition) is 3. The number of fused-ring (bicyclic) bond motifs is 1. The van der Waals surface area contributed by atoms with Gasteiger partial charge >= 0.3 is 0 Å². The van der Waals surface area contributed by atoms with Crippen LogP contribution in [-0.4, -0.2) is 20.8 Å². The molecule has 0 unspecified atom stereocenters. The minimum atomic E-state index is -0.278. The summed E-state index contributed by atoms with van der Waals surface area (Å²) in [5.41, 5.74) is 1.38. The van der Waals surface area contributed by atoms with Crippen LogP contribution in [-0.2, 0) is 4.79 Å². The highest BCUT2D eigenvalue weighted by atomic mass is 16.3. The van der Waals surface area contributed by atoms with Gasteiger partial charge < -0.3 is 10.4 Å². The predicted molar refractivity (Wildman–Crippen MR) is 95.0 cm³/mol. The molecule has 1 aromatic heterocycles. The first kappa shape index (κ1) is 16.0. The zero-order chi connectivity index (χ0) is 17.4. The van der Waals surface area contributed by atoms with Gasteiger partial charge in [-0.2, -0.15) is 0 Å². The molecule has 3 N–H and O–H groups in total. The number of rotatable bonds is 2. The summed E-state index contributed by atoms with van der Waals surface area (Å²) in [5.74, 6) is 0.451. The zero-order valence-electron chi connectivity index (χ0n) is 14.1. The molecule has 4 rings (SSSR count). The summed E-state index contributed by atoms with van der Waals surface area (Å²) in [6.07, 6.45) is 7.05. The van der Waals surface area contributed by atoms with Crippen LogP contribution in [0.4, 0.5) is 5.82 Å². The minimum absolute atomic E-state index is 0.0769. The van der Waals surface area contributed by atoms with Gasteiger partial charge in [0.2, 0.25) is 5.91 Å². The molecule has 1 aliphatic heterocycles. The lowest BCUT2D eigenvalue weighted by Crippen LogP contribution is -2.27. The Kier molecular flexibility index (Phi) is 4.11. The maximum absolute atomic E-state index is 12.7. The van der Waals surface area contributed by atoms with E-state index < -0.39 is 0 Å². The summed E-state index contributed by atoms with van der Waals surface area (Å²) in [6.45, 7) is 0. The minimum Gasteiger partial charge on any atom is -0.508 e. The Bertz CT molecular complexity index is 827. The third-order valence-corrected chi connectivity index (χ3v) is 5.44. The third-order valence-electron chi connectivity index (χ3n) is 5.44. The maximum Gasteiger partial charge on any atom is 0.270 e. The topological polar surface area (TPSA) is 87.1 Å². The van der Waals surface area contributed by atoms with E-state index in [2.05, 4.69) is 10.4 Å². The number of nitrogens with zero attached hydrogens (tertiary/aromatic N) is 1. The van der Waals surface area contributed by atoms with Crippen molar-refractivity contribution in [1.29, 1.82) is 0 Å². The van der Waals surface area contributed by atoms with E-state index in [1.54, 1.807) is 24.3 Å². The number of benzene rings is 1. The first-order valence-electron chi connectivity index (χ1n) is 9.06. The molecule has 0 saturated heterocycles. The van der Waals surface area contributed by atoms with E-state index in [1.807, 2.05) is 4.68 Å². The summed E-state index contributed by atoms with van der Waals surface area (Å²) in [7, 11) is 0. The molecule has 1 aromatic carbocycles. The second-order valence-electron chi connectivity index (χ2n) is 7.12. The summed E-state index contributed by atoms with van der Waals surface area (Å²) in [4.78, 5) is 25.0. The van der Waals surface area contributed by atoms with Crippen LogP contribution in [0.15, 0.2) is 29.1 Å². The first-order chi connectivity index (χ1) is 12.1. The van der Waals surface area contributed by atoms with Crippen LogP contribution < -0.4 is 10.9 Å². The first-order valence-corrected chi connectivity index (χ1v) is 9.06. The van der Waals surface area contributed by atoms with Crippen molar-refractivity contribution in [3.63, 3.8) is 0 Å². The number of amides is 1. The van der Waals surface area contributed by atoms with Gasteiger partial charge in [-0.15, -0.1) is 0 Å². The van der Waals surface area contributed by atoms with Crippen LogP contribution in [0.3, 0.4) is 0 Å². The van der Waals surface area contributed by atoms with Crippen LogP contribution >= 0.6 is 0 Å². The number of phenolic OH excluding ortho intramolecular Hbond substituents is 1. The molecular weight excluding hydrogens is 318 g/mol. The van der Waals surface area contributed by atoms with Crippen molar-refractivity contribution in [2.75, 3.05) is 5.32 Å². The van der Waals surface area contributed by atoms with Crippen molar-refractivity contribution in [3.05, 3.63) is 45.7 Å². The van der Waals surface area contributed by atoms with Gasteiger partial charge in [-0.1, -0.05) is 37.8 Å². The molecule has 6 nitrogen and oxygen atoms in total. The summed E-state index contributed by atoms with van der Waals surface area (Å²) < 4.78 is 1.90. The molecule has 2 aromatic rings. The molecule has 2 aliphatic rings. The number of phenols is 1. The number of aromatic hydroxyl groups is 1. The standard InChI is InChI=1S/C19H23N3O3/c23-14-9-7-12(8-10-14)15-11-16(24)20-18-17(15)19(25)21-22(18)13-5-3-1-2-4-6-13/h7-10,13,15,23H,1-6,11H2,(H,20,24)(H,21,25)/t15-/m0/s1. The number of aromatic amines is 1. The lowest BCUT2D eigenvalue weighted by Gasteiger charge is -2.26. The largest absolute Gasteiger partial charge is 0.508 e. The second kappa shape index (κ2) is 6.43. The molecule has 1 amide bonds. The van der Waals surface area contributed by atoms with Gasteiger partial charge in [0.25, 0.3) is 5.56 Å². The Morgan fingerprint density at radius 2 is 1.68 bits per heavy atom. The molecule has 1 aliphatic carbocycles. The van der Waals surface area contributed by atoms with Crippen LogP contribution in [0.2, 0.25) is 0 Å². The molecule has 2 heterocycles. The van der Waals surface area contributed by atoms with E-state index in [0.29, 0.717) is 11.4 Å². The quantitative estimate of drug-likeness (QED) is 0.733. The molecule has 25 heavy (non-hydrogen) atoms. The van der Waals surface area contributed by atoms with Gasteiger partial charge in [-0.3, -0.25) is 19.4 Å². The molecule has 1 saturated carbocycles. The van der Waals surface area contributed by atoms with Gasteiger partial charge in [0.1, 0.15) is 11.6 Å². The number of H-pyrrole nitrogens is 1. The second-order valence-corrected chi connectivity index (χ2v) is 7.12. The Morgan fingerprint density at radius 3 is 2.36 bits per heavy atom. The van der Waals surface area contributed by atoms with Crippen LogP contribution in [0.1, 0.15) is 68.0 Å². The van der Waals surface area contributed by atoms with E-state index in [1.165, 1.54) is 12.8 Å². The van der Waals surface area contributed by atoms with Crippen molar-refractivity contribution in [2.45, 2.75) is 56.9 Å². The van der Waals surface area contributed by atoms with Crippen molar-refractivity contribution < 1.29 is 9.90 Å². The Balaban J connectivity index is 1.77. The van der Waals surface area contributed by atoms with E-state index in [9.17, 15) is 14.7 Å². The van der Waals surface area contributed by atoms with Crippen LogP contribution in [0.5, 0.6) is 5.75 Å². The van der Waals surface area contributed by atoms with E-state index in [0.717, 1.165) is 31.2 Å². The zero-order valence-corrected chi connectivity index (χ0v) is 14.1. The fraction of sp³-hybridized carbons (Fsp3) is 0.474. The summed E-state index contributed by atoms with van der Waals surface area (Å²) in [6, 6.07) is 6.99. The third kappa shape index (κ3) is 2.97. The highest BCUT2D eigenvalue weighted by Crippen LogP contribution is 2.38. The lowest BCUT2D eigenvalue weighted by atomic mass is 9.87. The van der Waals surface area contributed by atoms with Gasteiger partial charge in [0, 0.05) is 12.3 Å².